The van der Waals surface area contributed by atoms with E-state index in [1.165, 1.54) is 28.8 Å². The molecule has 1 saturated heterocycles. The van der Waals surface area contributed by atoms with E-state index in [1.54, 1.807) is 17.0 Å². The highest BCUT2D eigenvalue weighted by atomic mass is 19.4. The van der Waals surface area contributed by atoms with Crippen LogP contribution in [0.1, 0.15) is 40.5 Å². The second-order valence-electron chi connectivity index (χ2n) is 7.96. The number of hydrogen-bond acceptors (Lipinski definition) is 4. The van der Waals surface area contributed by atoms with Gasteiger partial charge in [-0.1, -0.05) is 0 Å². The quantitative estimate of drug-likeness (QED) is 0.465. The minimum atomic E-state index is -4.48. The first-order valence-corrected chi connectivity index (χ1v) is 10.3. The highest BCUT2D eigenvalue weighted by molar-refractivity contribution is 5.99. The number of piperidine rings is 1. The molecule has 1 aliphatic rings. The van der Waals surface area contributed by atoms with Gasteiger partial charge in [-0.3, -0.25) is 14.3 Å². The Morgan fingerprint density at radius 3 is 2.64 bits per heavy atom. The SMILES string of the molecule is O=C(c1cn[nH]c1-c1ccc(F)cc1)N1CCCC(c2nnc3ccc(C(F)(F)F)cn23)C1. The summed E-state index contributed by atoms with van der Waals surface area (Å²) < 4.78 is 54.2. The molecule has 33 heavy (non-hydrogen) atoms. The molecule has 1 unspecified atom stereocenters. The molecule has 1 amide bonds. The predicted octanol–water partition coefficient (Wildman–Crippen LogP) is 4.30. The number of aromatic nitrogens is 5. The zero-order chi connectivity index (χ0) is 23.2. The van der Waals surface area contributed by atoms with Crippen LogP contribution >= 0.6 is 0 Å². The summed E-state index contributed by atoms with van der Waals surface area (Å²) in [5.74, 6) is -0.543. The predicted molar refractivity (Wildman–Crippen MR) is 110 cm³/mol. The van der Waals surface area contributed by atoms with Gasteiger partial charge in [0.1, 0.15) is 11.6 Å². The highest BCUT2D eigenvalue weighted by Gasteiger charge is 2.33. The van der Waals surface area contributed by atoms with Gasteiger partial charge in [0.05, 0.1) is 23.0 Å². The molecule has 4 aromatic rings. The Morgan fingerprint density at radius 1 is 1.09 bits per heavy atom. The van der Waals surface area contributed by atoms with Gasteiger partial charge in [0.15, 0.2) is 5.65 Å². The largest absolute Gasteiger partial charge is 0.417 e. The van der Waals surface area contributed by atoms with E-state index in [0.29, 0.717) is 47.7 Å². The monoisotopic (exact) mass is 458 g/mol. The van der Waals surface area contributed by atoms with Crippen LogP contribution in [0.25, 0.3) is 16.9 Å². The third-order valence-corrected chi connectivity index (χ3v) is 5.83. The third kappa shape index (κ3) is 3.94. The van der Waals surface area contributed by atoms with Crippen LogP contribution < -0.4 is 0 Å². The van der Waals surface area contributed by atoms with Gasteiger partial charge in [-0.05, 0) is 49.2 Å². The molecule has 0 radical (unpaired) electrons. The molecular weight excluding hydrogens is 440 g/mol. The molecule has 170 valence electrons. The van der Waals surface area contributed by atoms with E-state index in [4.69, 9.17) is 0 Å². The Bertz CT molecular complexity index is 1310. The van der Waals surface area contributed by atoms with Crippen molar-refractivity contribution in [3.8, 4) is 11.3 Å². The summed E-state index contributed by atoms with van der Waals surface area (Å²) in [7, 11) is 0. The number of nitrogens with one attached hydrogen (secondary N) is 1. The van der Waals surface area contributed by atoms with E-state index >= 15 is 0 Å². The number of rotatable bonds is 3. The normalized spacial score (nSPS) is 17.0. The second kappa shape index (κ2) is 7.98. The summed E-state index contributed by atoms with van der Waals surface area (Å²) in [6.45, 7) is 0.776. The van der Waals surface area contributed by atoms with Gasteiger partial charge in [-0.15, -0.1) is 10.2 Å². The maximum absolute atomic E-state index is 13.3. The zero-order valence-electron chi connectivity index (χ0n) is 17.2. The van der Waals surface area contributed by atoms with Crippen molar-refractivity contribution < 1.29 is 22.4 Å². The highest BCUT2D eigenvalue weighted by Crippen LogP contribution is 2.32. The molecule has 0 bridgehead atoms. The van der Waals surface area contributed by atoms with Crippen LogP contribution in [0, 0.1) is 5.82 Å². The van der Waals surface area contributed by atoms with Crippen LogP contribution in [0.2, 0.25) is 0 Å². The van der Waals surface area contributed by atoms with E-state index in [-0.39, 0.29) is 24.2 Å². The molecule has 1 aromatic carbocycles. The van der Waals surface area contributed by atoms with E-state index < -0.39 is 11.7 Å². The first kappa shape index (κ1) is 21.1. The number of likely N-dealkylation sites (tertiary alicyclic amines) is 1. The number of carbonyl (C=O) groups is 1. The number of H-pyrrole nitrogens is 1. The summed E-state index contributed by atoms with van der Waals surface area (Å²) in [6, 6.07) is 7.96. The summed E-state index contributed by atoms with van der Waals surface area (Å²) in [5.41, 5.74) is 0.962. The van der Waals surface area contributed by atoms with Gasteiger partial charge < -0.3 is 4.90 Å². The van der Waals surface area contributed by atoms with Crippen molar-refractivity contribution in [1.82, 2.24) is 29.7 Å². The van der Waals surface area contributed by atoms with Crippen LogP contribution in [0.3, 0.4) is 0 Å². The Balaban J connectivity index is 1.42. The van der Waals surface area contributed by atoms with Crippen molar-refractivity contribution in [2.45, 2.75) is 24.9 Å². The number of halogens is 4. The summed E-state index contributed by atoms with van der Waals surface area (Å²) >= 11 is 0. The van der Waals surface area contributed by atoms with Crippen LogP contribution in [0.4, 0.5) is 17.6 Å². The number of aromatic amines is 1. The third-order valence-electron chi connectivity index (χ3n) is 5.83. The molecule has 3 aromatic heterocycles. The molecule has 5 rings (SSSR count). The molecule has 11 heteroatoms. The van der Waals surface area contributed by atoms with Crippen molar-refractivity contribution in [3.63, 3.8) is 0 Å². The number of nitrogens with zero attached hydrogens (tertiary/aromatic N) is 5. The van der Waals surface area contributed by atoms with Crippen LogP contribution in [-0.4, -0.2) is 48.7 Å². The second-order valence-corrected chi connectivity index (χ2v) is 7.96. The smallest absolute Gasteiger partial charge is 0.338 e. The fourth-order valence-corrected chi connectivity index (χ4v) is 4.18. The van der Waals surface area contributed by atoms with Gasteiger partial charge in [0, 0.05) is 30.8 Å². The summed E-state index contributed by atoms with van der Waals surface area (Å²) in [4.78, 5) is 14.9. The molecule has 1 fully saturated rings. The first-order valence-electron chi connectivity index (χ1n) is 10.3. The number of pyridine rings is 1. The molecule has 7 nitrogen and oxygen atoms in total. The average molecular weight is 458 g/mol. The maximum Gasteiger partial charge on any atom is 0.417 e. The molecule has 0 saturated carbocycles. The number of fused-ring (bicyclic) bond motifs is 1. The van der Waals surface area contributed by atoms with E-state index in [0.717, 1.165) is 12.3 Å². The van der Waals surface area contributed by atoms with Gasteiger partial charge in [0.25, 0.3) is 5.91 Å². The molecule has 1 aliphatic heterocycles. The number of carbonyl (C=O) groups excluding carboxylic acids is 1. The van der Waals surface area contributed by atoms with Gasteiger partial charge in [-0.25, -0.2) is 4.39 Å². The lowest BCUT2D eigenvalue weighted by Gasteiger charge is -2.32. The standard InChI is InChI=1S/C22H18F4N6O/c23-16-6-3-13(4-7-16)19-17(10-27-29-19)21(33)31-9-1-2-14(11-31)20-30-28-18-8-5-15(12-32(18)20)22(24,25)26/h3-8,10,12,14H,1-2,9,11H2,(H,27,29). The summed E-state index contributed by atoms with van der Waals surface area (Å²) in [6.07, 6.45) is -0.742. The van der Waals surface area contributed by atoms with Gasteiger partial charge in [-0.2, -0.15) is 18.3 Å². The Kier molecular flexibility index (Phi) is 5.10. The zero-order valence-corrected chi connectivity index (χ0v) is 17.2. The van der Waals surface area contributed by atoms with Crippen LogP contribution in [0.15, 0.2) is 48.8 Å². The van der Waals surface area contributed by atoms with E-state index in [1.807, 2.05) is 0 Å². The van der Waals surface area contributed by atoms with Gasteiger partial charge in [0.2, 0.25) is 0 Å². The van der Waals surface area contributed by atoms with Crippen molar-refractivity contribution in [3.05, 3.63) is 71.6 Å². The van der Waals surface area contributed by atoms with Gasteiger partial charge >= 0.3 is 6.18 Å². The van der Waals surface area contributed by atoms with E-state index in [9.17, 15) is 22.4 Å². The Hall–Kier alpha value is -3.76. The lowest BCUT2D eigenvalue weighted by Crippen LogP contribution is -2.39. The lowest BCUT2D eigenvalue weighted by atomic mass is 9.96. The molecule has 1 N–H and O–H groups in total. The minimum absolute atomic E-state index is 0.266. The van der Waals surface area contributed by atoms with Crippen molar-refractivity contribution in [2.24, 2.45) is 0 Å². The molecule has 0 aliphatic carbocycles. The lowest BCUT2D eigenvalue weighted by molar-refractivity contribution is -0.137. The fourth-order valence-electron chi connectivity index (χ4n) is 4.18. The molecule has 4 heterocycles. The van der Waals surface area contributed by atoms with Crippen molar-refractivity contribution in [1.29, 1.82) is 0 Å². The Morgan fingerprint density at radius 2 is 1.88 bits per heavy atom. The van der Waals surface area contributed by atoms with Crippen LogP contribution in [-0.2, 0) is 6.18 Å². The number of amides is 1. The number of alkyl halides is 3. The fraction of sp³-hybridized carbons (Fsp3) is 0.273. The number of benzene rings is 1. The van der Waals surface area contributed by atoms with E-state index in [2.05, 4.69) is 20.4 Å². The molecular formula is C22H18F4N6O. The average Bonchev–Trinajstić information content (AvgIpc) is 3.45. The summed E-state index contributed by atoms with van der Waals surface area (Å²) in [5, 5.41) is 14.9. The maximum atomic E-state index is 13.3. The number of hydrogen-bond donors (Lipinski definition) is 1. The van der Waals surface area contributed by atoms with Crippen molar-refractivity contribution in [2.75, 3.05) is 13.1 Å². The first-order chi connectivity index (χ1) is 15.8. The molecule has 0 spiro atoms. The van der Waals surface area contributed by atoms with Crippen molar-refractivity contribution >= 4 is 11.6 Å². The minimum Gasteiger partial charge on any atom is -0.338 e. The Labute approximate surface area is 185 Å². The van der Waals surface area contributed by atoms with Crippen LogP contribution in [0.5, 0.6) is 0 Å². The molecule has 1 atom stereocenters. The topological polar surface area (TPSA) is 79.2 Å².